The van der Waals surface area contributed by atoms with Crippen LogP contribution in [-0.4, -0.2) is 36.7 Å². The third kappa shape index (κ3) is 5.02. The molecule has 1 heterocycles. The highest BCUT2D eigenvalue weighted by atomic mass is 16.5. The summed E-state index contributed by atoms with van der Waals surface area (Å²) in [6.07, 6.45) is 6.02. The molecule has 0 spiro atoms. The summed E-state index contributed by atoms with van der Waals surface area (Å²) in [5, 5.41) is 0. The van der Waals surface area contributed by atoms with Crippen molar-refractivity contribution >= 4 is 11.6 Å². The summed E-state index contributed by atoms with van der Waals surface area (Å²) in [6, 6.07) is 4.08. The molecule has 3 aliphatic rings. The summed E-state index contributed by atoms with van der Waals surface area (Å²) in [5.41, 5.74) is 5.46. The Morgan fingerprint density at radius 3 is 2.00 bits per heavy atom. The predicted octanol–water partition coefficient (Wildman–Crippen LogP) is 6.92. The smallest absolute Gasteiger partial charge is 0.164 e. The maximum absolute atomic E-state index is 13.9. The van der Waals surface area contributed by atoms with E-state index in [4.69, 9.17) is 9.47 Å². The zero-order valence-electron chi connectivity index (χ0n) is 23.8. The lowest BCUT2D eigenvalue weighted by Gasteiger charge is -2.49. The fourth-order valence-corrected chi connectivity index (χ4v) is 6.49. The molecular formula is C32H43NO4. The van der Waals surface area contributed by atoms with E-state index in [9.17, 15) is 9.59 Å². The van der Waals surface area contributed by atoms with Gasteiger partial charge < -0.3 is 14.4 Å². The van der Waals surface area contributed by atoms with E-state index in [2.05, 4.69) is 52.2 Å². The molecule has 5 nitrogen and oxygen atoms in total. The van der Waals surface area contributed by atoms with Gasteiger partial charge >= 0.3 is 0 Å². The first-order valence-electron chi connectivity index (χ1n) is 13.7. The van der Waals surface area contributed by atoms with Gasteiger partial charge in [0.2, 0.25) is 0 Å². The van der Waals surface area contributed by atoms with Crippen molar-refractivity contribution < 1.29 is 19.1 Å². The van der Waals surface area contributed by atoms with Gasteiger partial charge in [-0.2, -0.15) is 0 Å². The van der Waals surface area contributed by atoms with Crippen molar-refractivity contribution in [3.05, 3.63) is 58.5 Å². The van der Waals surface area contributed by atoms with Crippen molar-refractivity contribution in [1.82, 2.24) is 4.90 Å². The van der Waals surface area contributed by atoms with Gasteiger partial charge in [-0.15, -0.1) is 6.58 Å². The maximum atomic E-state index is 13.9. The van der Waals surface area contributed by atoms with Crippen LogP contribution >= 0.6 is 0 Å². The third-order valence-electron chi connectivity index (χ3n) is 7.83. The summed E-state index contributed by atoms with van der Waals surface area (Å²) in [7, 11) is 1.64. The summed E-state index contributed by atoms with van der Waals surface area (Å²) >= 11 is 0. The highest BCUT2D eigenvalue weighted by Gasteiger charge is 2.49. The number of carbonyl (C=O) groups is 2. The van der Waals surface area contributed by atoms with Crippen molar-refractivity contribution in [3.63, 3.8) is 0 Å². The van der Waals surface area contributed by atoms with Crippen molar-refractivity contribution in [1.29, 1.82) is 0 Å². The lowest BCUT2D eigenvalue weighted by molar-refractivity contribution is -0.119. The van der Waals surface area contributed by atoms with Gasteiger partial charge in [0.05, 0.1) is 13.7 Å². The minimum Gasteiger partial charge on any atom is -0.493 e. The van der Waals surface area contributed by atoms with E-state index < -0.39 is 5.92 Å². The van der Waals surface area contributed by atoms with Crippen LogP contribution in [0.15, 0.2) is 47.3 Å². The van der Waals surface area contributed by atoms with Crippen molar-refractivity contribution in [3.8, 4) is 11.5 Å². The molecule has 0 fully saturated rings. The van der Waals surface area contributed by atoms with Crippen LogP contribution in [-0.2, 0) is 16.0 Å². The second kappa shape index (κ2) is 10.2. The van der Waals surface area contributed by atoms with Gasteiger partial charge in [0.25, 0.3) is 0 Å². The number of allylic oxidation sites excluding steroid dienone is 5. The molecule has 0 unspecified atom stereocenters. The highest BCUT2D eigenvalue weighted by Crippen LogP contribution is 2.55. The van der Waals surface area contributed by atoms with E-state index in [-0.39, 0.29) is 22.4 Å². The third-order valence-corrected chi connectivity index (χ3v) is 7.83. The Labute approximate surface area is 222 Å². The molecule has 1 aliphatic heterocycles. The molecule has 0 saturated heterocycles. The van der Waals surface area contributed by atoms with E-state index >= 15 is 0 Å². The van der Waals surface area contributed by atoms with Crippen molar-refractivity contribution in [2.24, 2.45) is 10.8 Å². The second-order valence-electron chi connectivity index (χ2n) is 12.3. The SMILES string of the molecule is C=CCc1cc(C2C3=C(CC(C)(C)CC3=O)N(CCC)C3=C2C(=O)CC(C)(C)C3)cc(OC)c1OCC. The molecule has 4 rings (SSSR count). The van der Waals surface area contributed by atoms with Crippen LogP contribution in [0.1, 0.15) is 90.7 Å². The van der Waals surface area contributed by atoms with Gasteiger partial charge in [-0.1, -0.05) is 46.8 Å². The van der Waals surface area contributed by atoms with E-state index in [0.29, 0.717) is 37.4 Å². The first kappa shape index (κ1) is 27.2. The van der Waals surface area contributed by atoms with Crippen LogP contribution in [0.5, 0.6) is 11.5 Å². The normalized spacial score (nSPS) is 21.1. The number of Topliss-reactive ketones (excluding diaryl/α,β-unsaturated/α-hetero) is 2. The fraction of sp³-hybridized carbons (Fsp3) is 0.562. The number of hydrogen-bond donors (Lipinski definition) is 0. The Bertz CT molecular complexity index is 1130. The number of methoxy groups -OCH3 is 1. The van der Waals surface area contributed by atoms with Gasteiger partial charge in [-0.3, -0.25) is 9.59 Å². The summed E-state index contributed by atoms with van der Waals surface area (Å²) in [4.78, 5) is 30.2. The minimum absolute atomic E-state index is 0.122. The summed E-state index contributed by atoms with van der Waals surface area (Å²) in [6.45, 7) is 18.1. The zero-order valence-corrected chi connectivity index (χ0v) is 23.8. The van der Waals surface area contributed by atoms with Gasteiger partial charge in [0.15, 0.2) is 23.1 Å². The Morgan fingerprint density at radius 2 is 1.54 bits per heavy atom. The molecule has 0 saturated carbocycles. The van der Waals surface area contributed by atoms with Crippen LogP contribution in [0, 0.1) is 10.8 Å². The Hall–Kier alpha value is -2.82. The van der Waals surface area contributed by atoms with Crippen LogP contribution in [0.25, 0.3) is 0 Å². The van der Waals surface area contributed by atoms with Crippen LogP contribution in [0.3, 0.4) is 0 Å². The van der Waals surface area contributed by atoms with Crippen LogP contribution < -0.4 is 9.47 Å². The van der Waals surface area contributed by atoms with Gasteiger partial charge in [-0.05, 0) is 55.1 Å². The molecule has 0 aromatic heterocycles. The molecule has 0 atom stereocenters. The average molecular weight is 506 g/mol. The topological polar surface area (TPSA) is 55.8 Å². The van der Waals surface area contributed by atoms with E-state index in [1.807, 2.05) is 19.1 Å². The molecule has 37 heavy (non-hydrogen) atoms. The number of hydrogen-bond acceptors (Lipinski definition) is 5. The molecule has 2 aliphatic carbocycles. The average Bonchev–Trinajstić information content (AvgIpc) is 2.79. The van der Waals surface area contributed by atoms with Gasteiger partial charge in [0, 0.05) is 53.4 Å². The molecule has 1 aromatic carbocycles. The number of ketones is 2. The fourth-order valence-electron chi connectivity index (χ4n) is 6.49. The Kier molecular flexibility index (Phi) is 7.47. The van der Waals surface area contributed by atoms with Crippen molar-refractivity contribution in [2.45, 2.75) is 86.0 Å². The van der Waals surface area contributed by atoms with Crippen LogP contribution in [0.2, 0.25) is 0 Å². The number of ether oxygens (including phenoxy) is 2. The van der Waals surface area contributed by atoms with Crippen LogP contribution in [0.4, 0.5) is 0 Å². The molecule has 0 radical (unpaired) electrons. The molecule has 5 heteroatoms. The lowest BCUT2D eigenvalue weighted by atomic mass is 9.63. The first-order valence-corrected chi connectivity index (χ1v) is 13.7. The van der Waals surface area contributed by atoms with Gasteiger partial charge in [0.1, 0.15) is 0 Å². The standard InChI is InChI=1S/C32H43NO4/c1-9-12-20-14-21(15-26(36-8)30(20)37-11-3)27-28-22(16-31(4,5)18-24(28)34)33(13-10-2)23-17-32(6,7)19-25(35)29(23)27/h9,14-15,27H,1,10-13,16-19H2,2-8H3. The molecule has 0 bridgehead atoms. The maximum Gasteiger partial charge on any atom is 0.164 e. The van der Waals surface area contributed by atoms with E-state index in [0.717, 1.165) is 59.5 Å². The molecule has 1 aromatic rings. The Morgan fingerprint density at radius 1 is 0.973 bits per heavy atom. The first-order chi connectivity index (χ1) is 17.5. The number of carbonyl (C=O) groups excluding carboxylic acids is 2. The molecular weight excluding hydrogens is 462 g/mol. The number of benzene rings is 1. The number of rotatable bonds is 8. The summed E-state index contributed by atoms with van der Waals surface area (Å²) in [5.74, 6) is 1.24. The predicted molar refractivity (Wildman–Crippen MR) is 148 cm³/mol. The van der Waals surface area contributed by atoms with Crippen molar-refractivity contribution in [2.75, 3.05) is 20.3 Å². The molecule has 0 amide bonds. The Balaban J connectivity index is 2.03. The zero-order chi connectivity index (χ0) is 27.1. The highest BCUT2D eigenvalue weighted by molar-refractivity contribution is 6.06. The minimum atomic E-state index is -0.390. The quantitative estimate of drug-likeness (QED) is 0.359. The lowest BCUT2D eigenvalue weighted by Crippen LogP contribution is -2.44. The van der Waals surface area contributed by atoms with Gasteiger partial charge in [-0.25, -0.2) is 0 Å². The number of nitrogens with zero attached hydrogens (tertiary/aromatic N) is 1. The van der Waals surface area contributed by atoms with E-state index in [1.54, 1.807) is 7.11 Å². The monoisotopic (exact) mass is 505 g/mol. The van der Waals surface area contributed by atoms with E-state index in [1.165, 1.54) is 0 Å². The molecule has 200 valence electrons. The molecule has 0 N–H and O–H groups in total. The largest absolute Gasteiger partial charge is 0.493 e. The summed E-state index contributed by atoms with van der Waals surface area (Å²) < 4.78 is 11.8. The second-order valence-corrected chi connectivity index (χ2v) is 12.3.